The lowest BCUT2D eigenvalue weighted by Gasteiger charge is -2.27. The minimum Gasteiger partial charge on any atom is -0.376 e. The van der Waals surface area contributed by atoms with Crippen LogP contribution in [-0.2, 0) is 4.74 Å². The molecule has 18 heavy (non-hydrogen) atoms. The molecule has 0 bridgehead atoms. The molecule has 3 atom stereocenters. The molecule has 1 aromatic rings. The fourth-order valence-corrected chi connectivity index (χ4v) is 3.17. The molecule has 2 heterocycles. The molecule has 0 spiro atoms. The highest BCUT2D eigenvalue weighted by molar-refractivity contribution is 9.10. The van der Waals surface area contributed by atoms with Crippen molar-refractivity contribution < 1.29 is 4.74 Å². The highest BCUT2D eigenvalue weighted by Gasteiger charge is 2.35. The van der Waals surface area contributed by atoms with Crippen molar-refractivity contribution in [3.05, 3.63) is 16.4 Å². The Labute approximate surface area is 117 Å². The number of halogens is 1. The van der Waals surface area contributed by atoms with Gasteiger partial charge in [0.05, 0.1) is 28.5 Å². The van der Waals surface area contributed by atoms with Gasteiger partial charge in [-0.05, 0) is 49.2 Å². The number of hydrogen-bond donors (Lipinski definition) is 1. The van der Waals surface area contributed by atoms with Crippen LogP contribution in [0.3, 0.4) is 0 Å². The third kappa shape index (κ3) is 2.49. The van der Waals surface area contributed by atoms with Gasteiger partial charge >= 0.3 is 0 Å². The van der Waals surface area contributed by atoms with Gasteiger partial charge in [0.15, 0.2) is 0 Å². The Morgan fingerprint density at radius 3 is 2.78 bits per heavy atom. The maximum absolute atomic E-state index is 5.91. The molecule has 0 amide bonds. The predicted octanol–water partition coefficient (Wildman–Crippen LogP) is 2.91. The molecule has 1 aromatic heterocycles. The quantitative estimate of drug-likeness (QED) is 0.928. The van der Waals surface area contributed by atoms with Crippen molar-refractivity contribution in [3.8, 4) is 0 Å². The number of ether oxygens (including phenoxy) is 1. The van der Waals surface area contributed by atoms with Crippen molar-refractivity contribution in [3.63, 3.8) is 0 Å². The lowest BCUT2D eigenvalue weighted by Crippen LogP contribution is -2.34. The van der Waals surface area contributed by atoms with Crippen molar-refractivity contribution in [1.29, 1.82) is 0 Å². The molecule has 1 fully saturated rings. The van der Waals surface area contributed by atoms with Crippen molar-refractivity contribution >= 4 is 15.9 Å². The fourth-order valence-electron chi connectivity index (χ4n) is 2.65. The summed E-state index contributed by atoms with van der Waals surface area (Å²) in [5, 5.41) is 7.85. The third-order valence-electron chi connectivity index (χ3n) is 3.65. The molecule has 102 valence electrons. The standard InChI is InChI=1S/C13H22BrN3O/c1-8(2)17-12(10(14)7-16-17)11(15-4)13-9(3)5-6-18-13/h7-9,11,13,15H,5-6H2,1-4H3. The first kappa shape index (κ1) is 14.0. The predicted molar refractivity (Wildman–Crippen MR) is 75.6 cm³/mol. The summed E-state index contributed by atoms with van der Waals surface area (Å²) in [6.07, 6.45) is 3.23. The van der Waals surface area contributed by atoms with Gasteiger partial charge in [-0.25, -0.2) is 0 Å². The molecule has 1 aliphatic heterocycles. The second-order valence-electron chi connectivity index (χ2n) is 5.28. The Kier molecular flexibility index (Phi) is 4.45. The normalized spacial score (nSPS) is 25.9. The van der Waals surface area contributed by atoms with E-state index in [1.54, 1.807) is 0 Å². The van der Waals surface area contributed by atoms with E-state index in [4.69, 9.17) is 4.74 Å². The van der Waals surface area contributed by atoms with E-state index in [2.05, 4.69) is 51.8 Å². The molecule has 4 nitrogen and oxygen atoms in total. The minimum atomic E-state index is 0.182. The zero-order valence-electron chi connectivity index (χ0n) is 11.5. The summed E-state index contributed by atoms with van der Waals surface area (Å²) in [5.74, 6) is 0.574. The van der Waals surface area contributed by atoms with Gasteiger partial charge in [-0.15, -0.1) is 0 Å². The fraction of sp³-hybridized carbons (Fsp3) is 0.769. The lowest BCUT2D eigenvalue weighted by atomic mass is 9.95. The van der Waals surface area contributed by atoms with Gasteiger partial charge in [-0.1, -0.05) is 6.92 Å². The molecule has 5 heteroatoms. The van der Waals surface area contributed by atoms with Gasteiger partial charge in [-0.2, -0.15) is 5.10 Å². The molecular formula is C13H22BrN3O. The van der Waals surface area contributed by atoms with E-state index in [9.17, 15) is 0 Å². The van der Waals surface area contributed by atoms with Crippen LogP contribution in [0.25, 0.3) is 0 Å². The molecule has 2 rings (SSSR count). The van der Waals surface area contributed by atoms with Gasteiger partial charge in [0.2, 0.25) is 0 Å². The first-order valence-electron chi connectivity index (χ1n) is 6.58. The van der Waals surface area contributed by atoms with Crippen molar-refractivity contribution in [1.82, 2.24) is 15.1 Å². The van der Waals surface area contributed by atoms with Crippen LogP contribution in [0.15, 0.2) is 10.7 Å². The second-order valence-corrected chi connectivity index (χ2v) is 6.14. The van der Waals surface area contributed by atoms with Crippen LogP contribution in [0.4, 0.5) is 0 Å². The summed E-state index contributed by atoms with van der Waals surface area (Å²) in [4.78, 5) is 0. The lowest BCUT2D eigenvalue weighted by molar-refractivity contribution is 0.0598. The van der Waals surface area contributed by atoms with Crippen LogP contribution in [-0.4, -0.2) is 29.5 Å². The molecule has 1 saturated heterocycles. The minimum absolute atomic E-state index is 0.182. The van der Waals surface area contributed by atoms with Gasteiger partial charge in [0, 0.05) is 12.6 Å². The Morgan fingerprint density at radius 2 is 2.28 bits per heavy atom. The monoisotopic (exact) mass is 315 g/mol. The van der Waals surface area contributed by atoms with Crippen LogP contribution in [0.1, 0.15) is 45.0 Å². The molecular weight excluding hydrogens is 294 g/mol. The molecule has 1 N–H and O–H groups in total. The molecule has 0 aliphatic carbocycles. The summed E-state index contributed by atoms with van der Waals surface area (Å²) >= 11 is 3.62. The molecule has 0 saturated carbocycles. The summed E-state index contributed by atoms with van der Waals surface area (Å²) in [5.41, 5.74) is 1.19. The van der Waals surface area contributed by atoms with E-state index < -0.39 is 0 Å². The van der Waals surface area contributed by atoms with Crippen molar-refractivity contribution in [2.45, 2.75) is 45.4 Å². The van der Waals surface area contributed by atoms with E-state index in [-0.39, 0.29) is 12.1 Å². The highest BCUT2D eigenvalue weighted by Crippen LogP contribution is 2.35. The Balaban J connectivity index is 2.35. The number of likely N-dealkylation sites (N-methyl/N-ethyl adjacent to an activating group) is 1. The largest absolute Gasteiger partial charge is 0.376 e. The number of rotatable bonds is 4. The topological polar surface area (TPSA) is 39.1 Å². The summed E-state index contributed by atoms with van der Waals surface area (Å²) in [7, 11) is 1.99. The first-order valence-corrected chi connectivity index (χ1v) is 7.37. The second kappa shape index (κ2) is 5.72. The first-order chi connectivity index (χ1) is 8.56. The average molecular weight is 316 g/mol. The zero-order valence-corrected chi connectivity index (χ0v) is 13.1. The van der Waals surface area contributed by atoms with E-state index in [0.717, 1.165) is 17.5 Å². The average Bonchev–Trinajstić information content (AvgIpc) is 2.89. The molecule has 0 radical (unpaired) electrons. The van der Waals surface area contributed by atoms with Gasteiger partial charge < -0.3 is 10.1 Å². The van der Waals surface area contributed by atoms with Crippen LogP contribution < -0.4 is 5.32 Å². The van der Waals surface area contributed by atoms with E-state index in [1.807, 2.05) is 13.2 Å². The maximum Gasteiger partial charge on any atom is 0.0811 e. The number of aromatic nitrogens is 2. The molecule has 0 aromatic carbocycles. The van der Waals surface area contributed by atoms with Crippen molar-refractivity contribution in [2.75, 3.05) is 13.7 Å². The maximum atomic E-state index is 5.91. The van der Waals surface area contributed by atoms with E-state index >= 15 is 0 Å². The van der Waals surface area contributed by atoms with Crippen LogP contribution in [0, 0.1) is 5.92 Å². The van der Waals surface area contributed by atoms with Gasteiger partial charge in [-0.3, -0.25) is 4.68 Å². The smallest absolute Gasteiger partial charge is 0.0811 e. The zero-order chi connectivity index (χ0) is 13.3. The highest BCUT2D eigenvalue weighted by atomic mass is 79.9. The molecule has 3 unspecified atom stereocenters. The third-order valence-corrected chi connectivity index (χ3v) is 4.27. The number of nitrogens with zero attached hydrogens (tertiary/aromatic N) is 2. The van der Waals surface area contributed by atoms with Crippen molar-refractivity contribution in [2.24, 2.45) is 5.92 Å². The Bertz CT molecular complexity index is 405. The van der Waals surface area contributed by atoms with Crippen LogP contribution in [0.5, 0.6) is 0 Å². The van der Waals surface area contributed by atoms with Gasteiger partial charge in [0.1, 0.15) is 0 Å². The Hall–Kier alpha value is -0.390. The Morgan fingerprint density at radius 1 is 1.56 bits per heavy atom. The molecule has 1 aliphatic rings. The summed E-state index contributed by atoms with van der Waals surface area (Å²) in [6, 6.07) is 0.528. The number of hydrogen-bond acceptors (Lipinski definition) is 3. The van der Waals surface area contributed by atoms with Crippen LogP contribution in [0.2, 0.25) is 0 Å². The van der Waals surface area contributed by atoms with Gasteiger partial charge in [0.25, 0.3) is 0 Å². The SMILES string of the molecule is CNC(c1c(Br)cnn1C(C)C)C1OCCC1C. The number of nitrogens with one attached hydrogen (secondary N) is 1. The summed E-state index contributed by atoms with van der Waals surface area (Å²) < 4.78 is 9.03. The summed E-state index contributed by atoms with van der Waals surface area (Å²) in [6.45, 7) is 7.41. The van der Waals surface area contributed by atoms with E-state index in [1.165, 1.54) is 5.69 Å². The van der Waals surface area contributed by atoms with E-state index in [0.29, 0.717) is 12.0 Å². The van der Waals surface area contributed by atoms with Crippen LogP contribution >= 0.6 is 15.9 Å².